The molecule has 2 saturated heterocycles. The maximum absolute atomic E-state index is 13.4. The molecule has 3 nitrogen and oxygen atoms in total. The second-order valence-corrected chi connectivity index (χ2v) is 8.40. The molecule has 0 aliphatic carbocycles. The molecule has 0 aromatic heterocycles. The number of quaternary nitrogens is 3. The van der Waals surface area contributed by atoms with Gasteiger partial charge in [0.1, 0.15) is 45.1 Å². The van der Waals surface area contributed by atoms with Crippen molar-refractivity contribution in [2.75, 3.05) is 39.3 Å². The third-order valence-electron chi connectivity index (χ3n) is 6.51. The molecular formula is C23H33FN3+3. The van der Waals surface area contributed by atoms with Gasteiger partial charge in [0.25, 0.3) is 0 Å². The molecule has 2 aromatic rings. The van der Waals surface area contributed by atoms with E-state index in [2.05, 4.69) is 36.4 Å². The van der Waals surface area contributed by atoms with E-state index in [0.29, 0.717) is 0 Å². The van der Waals surface area contributed by atoms with E-state index in [-0.39, 0.29) is 5.82 Å². The third-order valence-corrected chi connectivity index (χ3v) is 6.51. The summed E-state index contributed by atoms with van der Waals surface area (Å²) >= 11 is 0. The van der Waals surface area contributed by atoms with E-state index in [4.69, 9.17) is 0 Å². The van der Waals surface area contributed by atoms with E-state index < -0.39 is 0 Å². The molecule has 0 bridgehead atoms. The average Bonchev–Trinajstić information content (AvgIpc) is 2.70. The van der Waals surface area contributed by atoms with E-state index in [1.807, 2.05) is 11.0 Å². The maximum atomic E-state index is 13.4. The third kappa shape index (κ3) is 5.16. The molecule has 0 amide bonds. The van der Waals surface area contributed by atoms with Gasteiger partial charge in [0.15, 0.2) is 0 Å². The largest absolute Gasteiger partial charge is 0.331 e. The zero-order valence-electron chi connectivity index (χ0n) is 16.2. The lowest BCUT2D eigenvalue weighted by Crippen LogP contribution is -3.30. The van der Waals surface area contributed by atoms with Gasteiger partial charge in [-0.3, -0.25) is 0 Å². The van der Waals surface area contributed by atoms with Crippen LogP contribution in [0.3, 0.4) is 0 Å². The highest BCUT2D eigenvalue weighted by molar-refractivity contribution is 5.15. The Balaban J connectivity index is 1.20. The lowest BCUT2D eigenvalue weighted by atomic mass is 10.0. The van der Waals surface area contributed by atoms with Crippen LogP contribution in [0.4, 0.5) is 4.39 Å². The van der Waals surface area contributed by atoms with Gasteiger partial charge in [-0.25, -0.2) is 4.39 Å². The smallest absolute Gasteiger partial charge is 0.127 e. The first-order valence-corrected chi connectivity index (χ1v) is 10.6. The van der Waals surface area contributed by atoms with Crippen LogP contribution in [0.15, 0.2) is 54.6 Å². The Hall–Kier alpha value is -1.75. The molecule has 4 rings (SSSR count). The second-order valence-electron chi connectivity index (χ2n) is 8.40. The van der Waals surface area contributed by atoms with E-state index in [1.54, 1.807) is 15.9 Å². The summed E-state index contributed by atoms with van der Waals surface area (Å²) < 4.78 is 13.4. The number of piperazine rings is 1. The Kier molecular flexibility index (Phi) is 6.17. The van der Waals surface area contributed by atoms with E-state index >= 15 is 0 Å². The van der Waals surface area contributed by atoms with Crippen LogP contribution in [-0.2, 0) is 13.1 Å². The fourth-order valence-electron chi connectivity index (χ4n) is 4.94. The van der Waals surface area contributed by atoms with Crippen molar-refractivity contribution in [2.45, 2.75) is 32.0 Å². The number of benzene rings is 2. The Morgan fingerprint density at radius 3 is 2.04 bits per heavy atom. The fraction of sp³-hybridized carbons (Fsp3) is 0.478. The highest BCUT2D eigenvalue weighted by atomic mass is 19.1. The average molecular weight is 371 g/mol. The molecule has 0 atom stereocenters. The molecule has 0 radical (unpaired) electrons. The van der Waals surface area contributed by atoms with Crippen molar-refractivity contribution >= 4 is 0 Å². The highest BCUT2D eigenvalue weighted by Gasteiger charge is 2.33. The first kappa shape index (κ1) is 18.6. The van der Waals surface area contributed by atoms with Gasteiger partial charge < -0.3 is 14.7 Å². The lowest BCUT2D eigenvalue weighted by molar-refractivity contribution is -1.04. The summed E-state index contributed by atoms with van der Waals surface area (Å²) in [5.41, 5.74) is 2.60. The van der Waals surface area contributed by atoms with E-state index in [0.717, 1.165) is 18.2 Å². The van der Waals surface area contributed by atoms with Crippen molar-refractivity contribution < 1.29 is 19.1 Å². The number of hydrogen-bond donors (Lipinski definition) is 3. The fourth-order valence-corrected chi connectivity index (χ4v) is 4.94. The summed E-state index contributed by atoms with van der Waals surface area (Å²) in [6.45, 7) is 9.71. The Morgan fingerprint density at radius 1 is 0.704 bits per heavy atom. The minimum Gasteiger partial charge on any atom is -0.331 e. The van der Waals surface area contributed by atoms with Crippen LogP contribution in [0.1, 0.15) is 24.0 Å². The SMILES string of the molecule is Fc1cccc(C[NH+]2CC[NH+](C3CC[NH+](Cc4ccccc4)CC3)CC2)c1. The lowest BCUT2D eigenvalue weighted by Gasteiger charge is -2.37. The van der Waals surface area contributed by atoms with E-state index in [9.17, 15) is 4.39 Å². The van der Waals surface area contributed by atoms with Gasteiger partial charge in [0.05, 0.1) is 19.1 Å². The molecular weight excluding hydrogens is 337 g/mol. The summed E-state index contributed by atoms with van der Waals surface area (Å²) in [4.78, 5) is 5.17. The van der Waals surface area contributed by atoms with Crippen molar-refractivity contribution in [3.05, 3.63) is 71.5 Å². The molecule has 0 saturated carbocycles. The summed E-state index contributed by atoms with van der Waals surface area (Å²) in [5.74, 6) is -0.110. The molecule has 144 valence electrons. The number of hydrogen-bond acceptors (Lipinski definition) is 0. The van der Waals surface area contributed by atoms with Crippen molar-refractivity contribution in [2.24, 2.45) is 0 Å². The molecule has 2 fully saturated rings. The monoisotopic (exact) mass is 370 g/mol. The molecule has 3 N–H and O–H groups in total. The number of rotatable bonds is 5. The summed E-state index contributed by atoms with van der Waals surface area (Å²) in [5, 5.41) is 0. The van der Waals surface area contributed by atoms with Crippen molar-refractivity contribution in [3.8, 4) is 0 Å². The molecule has 4 heteroatoms. The number of halogens is 1. The van der Waals surface area contributed by atoms with Gasteiger partial charge in [-0.2, -0.15) is 0 Å². The number of likely N-dealkylation sites (tertiary alicyclic amines) is 1. The second kappa shape index (κ2) is 8.96. The molecule has 2 aromatic carbocycles. The van der Waals surface area contributed by atoms with Gasteiger partial charge in [-0.05, 0) is 12.1 Å². The normalized spacial score (nSPS) is 28.8. The topological polar surface area (TPSA) is 13.3 Å². The Bertz CT molecular complexity index is 705. The first-order valence-electron chi connectivity index (χ1n) is 10.6. The van der Waals surface area contributed by atoms with Crippen molar-refractivity contribution in [1.82, 2.24) is 0 Å². The maximum Gasteiger partial charge on any atom is 0.127 e. The van der Waals surface area contributed by atoms with Crippen LogP contribution in [0.2, 0.25) is 0 Å². The quantitative estimate of drug-likeness (QED) is 0.620. The van der Waals surface area contributed by atoms with Gasteiger partial charge in [0.2, 0.25) is 0 Å². The molecule has 0 spiro atoms. The summed E-state index contributed by atoms with van der Waals surface area (Å²) in [6, 6.07) is 18.9. The van der Waals surface area contributed by atoms with Crippen LogP contribution in [0, 0.1) is 5.82 Å². The molecule has 2 aliphatic heterocycles. The van der Waals surface area contributed by atoms with E-state index in [1.165, 1.54) is 70.3 Å². The predicted molar refractivity (Wildman–Crippen MR) is 105 cm³/mol. The van der Waals surface area contributed by atoms with Gasteiger partial charge in [0, 0.05) is 24.0 Å². The van der Waals surface area contributed by atoms with Crippen molar-refractivity contribution in [1.29, 1.82) is 0 Å². The first-order chi connectivity index (χ1) is 13.3. The van der Waals surface area contributed by atoms with Crippen LogP contribution in [0.5, 0.6) is 0 Å². The van der Waals surface area contributed by atoms with Gasteiger partial charge in [-0.1, -0.05) is 42.5 Å². The van der Waals surface area contributed by atoms with Gasteiger partial charge in [-0.15, -0.1) is 0 Å². The molecule has 27 heavy (non-hydrogen) atoms. The zero-order valence-corrected chi connectivity index (χ0v) is 16.2. The number of piperidine rings is 1. The number of nitrogens with one attached hydrogen (secondary N) is 3. The minimum absolute atomic E-state index is 0.110. The van der Waals surface area contributed by atoms with Crippen LogP contribution < -0.4 is 14.7 Å². The summed E-state index contributed by atoms with van der Waals surface area (Å²) in [7, 11) is 0. The van der Waals surface area contributed by atoms with Crippen molar-refractivity contribution in [3.63, 3.8) is 0 Å². The molecule has 2 aliphatic rings. The van der Waals surface area contributed by atoms with Crippen LogP contribution >= 0.6 is 0 Å². The predicted octanol–water partition coefficient (Wildman–Crippen LogP) is -0.643. The Labute approximate surface area is 162 Å². The highest BCUT2D eigenvalue weighted by Crippen LogP contribution is 2.02. The van der Waals surface area contributed by atoms with Crippen LogP contribution in [0.25, 0.3) is 0 Å². The van der Waals surface area contributed by atoms with Gasteiger partial charge >= 0.3 is 0 Å². The standard InChI is InChI=1S/C23H30FN3/c24-22-8-4-7-21(17-22)19-26-13-15-27(16-14-26)23-9-11-25(12-10-23)18-20-5-2-1-3-6-20/h1-8,17,23H,9-16,18-19H2/p+3. The zero-order chi connectivity index (χ0) is 18.5. The van der Waals surface area contributed by atoms with Crippen LogP contribution in [-0.4, -0.2) is 45.3 Å². The molecule has 0 unspecified atom stereocenters. The molecule has 2 heterocycles. The Morgan fingerprint density at radius 2 is 1.33 bits per heavy atom. The summed E-state index contributed by atoms with van der Waals surface area (Å²) in [6.07, 6.45) is 2.72. The minimum atomic E-state index is -0.110.